The molecule has 1 amide bonds. The summed E-state index contributed by atoms with van der Waals surface area (Å²) in [5, 5.41) is 3.06. The molecule has 0 aromatic heterocycles. The Morgan fingerprint density at radius 2 is 1.50 bits per heavy atom. The van der Waals surface area contributed by atoms with Crippen LogP contribution in [0.15, 0.2) is 103 Å². The quantitative estimate of drug-likeness (QED) is 0.313. The van der Waals surface area contributed by atoms with Gasteiger partial charge in [0.15, 0.2) is 23.1 Å². The van der Waals surface area contributed by atoms with Gasteiger partial charge >= 0.3 is 0 Å². The Hall–Kier alpha value is -5.17. The summed E-state index contributed by atoms with van der Waals surface area (Å²) in [6.45, 7) is 0. The number of fused-ring (bicyclic) bond motifs is 6. The van der Waals surface area contributed by atoms with Crippen LogP contribution in [-0.2, 0) is 10.2 Å². The Morgan fingerprint density at radius 3 is 2.29 bits per heavy atom. The predicted molar refractivity (Wildman–Crippen MR) is 160 cm³/mol. The first-order valence-electron chi connectivity index (χ1n) is 13.8. The van der Waals surface area contributed by atoms with Crippen LogP contribution < -0.4 is 19.7 Å². The molecule has 1 N–H and O–H groups in total. The van der Waals surface area contributed by atoms with Gasteiger partial charge in [-0.3, -0.25) is 14.4 Å². The summed E-state index contributed by atoms with van der Waals surface area (Å²) in [5.74, 6) is -1.04. The lowest BCUT2D eigenvalue weighted by atomic mass is 9.64. The lowest BCUT2D eigenvalue weighted by Gasteiger charge is -2.37. The molecule has 208 valence electrons. The third kappa shape index (κ3) is 3.49. The lowest BCUT2D eigenvalue weighted by Crippen LogP contribution is -2.51. The molecule has 4 aromatic rings. The van der Waals surface area contributed by atoms with E-state index in [4.69, 9.17) is 9.47 Å². The number of anilines is 2. The molecular weight excluding hydrogens is 528 g/mol. The Bertz CT molecular complexity index is 1780. The molecule has 0 saturated carbocycles. The van der Waals surface area contributed by atoms with Crippen LogP contribution in [0.25, 0.3) is 6.08 Å². The fourth-order valence-corrected chi connectivity index (χ4v) is 7.06. The summed E-state index contributed by atoms with van der Waals surface area (Å²) in [5.41, 5.74) is 2.50. The van der Waals surface area contributed by atoms with Gasteiger partial charge in [-0.25, -0.2) is 0 Å². The fraction of sp³-hybridized carbons (Fsp3) is 0.171. The standard InChI is InChI=1S/C35H28N2O5/c1-41-27-18-16-23(20-28(27)42-2)32(38)30-31(33(39)22-11-4-3-5-12-22)37-26-15-9-6-10-21(26)17-19-29(37)35(30)24-13-7-8-14-25(24)36-34(35)40/h3-20,29-31H,1-2H3,(H,36,40)/t29-,30+,31-,35-/m1/s1. The first-order valence-corrected chi connectivity index (χ1v) is 13.8. The molecule has 0 bridgehead atoms. The maximum atomic E-state index is 15.0. The molecule has 4 atom stereocenters. The van der Waals surface area contributed by atoms with E-state index < -0.39 is 23.4 Å². The largest absolute Gasteiger partial charge is 0.493 e. The van der Waals surface area contributed by atoms with Gasteiger partial charge in [-0.1, -0.05) is 78.9 Å². The van der Waals surface area contributed by atoms with E-state index in [9.17, 15) is 14.4 Å². The number of nitrogens with one attached hydrogen (secondary N) is 1. The number of amides is 1. The van der Waals surface area contributed by atoms with Crippen LogP contribution in [0.4, 0.5) is 11.4 Å². The zero-order valence-electron chi connectivity index (χ0n) is 23.1. The summed E-state index contributed by atoms with van der Waals surface area (Å²) < 4.78 is 10.9. The van der Waals surface area contributed by atoms with E-state index in [2.05, 4.69) is 5.32 Å². The summed E-state index contributed by atoms with van der Waals surface area (Å²) in [6.07, 6.45) is 3.96. The van der Waals surface area contributed by atoms with Crippen molar-refractivity contribution < 1.29 is 23.9 Å². The number of Topliss-reactive ketones (excluding diaryl/α,β-unsaturated/α-hetero) is 2. The van der Waals surface area contributed by atoms with Gasteiger partial charge < -0.3 is 19.7 Å². The van der Waals surface area contributed by atoms with Gasteiger partial charge in [-0.15, -0.1) is 0 Å². The molecule has 7 rings (SSSR count). The summed E-state index contributed by atoms with van der Waals surface area (Å²) in [4.78, 5) is 46.0. The molecule has 7 heteroatoms. The average Bonchev–Trinajstić information content (AvgIpc) is 3.52. The molecule has 1 fully saturated rings. The van der Waals surface area contributed by atoms with Gasteiger partial charge in [0, 0.05) is 22.5 Å². The van der Waals surface area contributed by atoms with Crippen LogP contribution in [0.1, 0.15) is 31.8 Å². The van der Waals surface area contributed by atoms with Crippen molar-refractivity contribution in [2.75, 3.05) is 24.4 Å². The van der Waals surface area contributed by atoms with E-state index in [0.29, 0.717) is 33.9 Å². The van der Waals surface area contributed by atoms with Crippen LogP contribution in [0.3, 0.4) is 0 Å². The number of methoxy groups -OCH3 is 2. The van der Waals surface area contributed by atoms with Crippen LogP contribution >= 0.6 is 0 Å². The molecule has 0 unspecified atom stereocenters. The molecule has 3 aliphatic heterocycles. The molecule has 3 aliphatic rings. The summed E-state index contributed by atoms with van der Waals surface area (Å²) in [6, 6.07) is 27.6. The number of carbonyl (C=O) groups is 3. The Balaban J connectivity index is 1.53. The zero-order chi connectivity index (χ0) is 29.0. The second-order valence-electron chi connectivity index (χ2n) is 10.7. The van der Waals surface area contributed by atoms with E-state index in [1.165, 1.54) is 14.2 Å². The minimum atomic E-state index is -1.38. The maximum absolute atomic E-state index is 15.0. The Morgan fingerprint density at radius 1 is 0.786 bits per heavy atom. The molecule has 0 aliphatic carbocycles. The van der Waals surface area contributed by atoms with E-state index in [-0.39, 0.29) is 17.5 Å². The predicted octanol–water partition coefficient (Wildman–Crippen LogP) is 5.56. The molecule has 4 aromatic carbocycles. The molecule has 42 heavy (non-hydrogen) atoms. The highest BCUT2D eigenvalue weighted by molar-refractivity contribution is 6.18. The van der Waals surface area contributed by atoms with E-state index in [1.807, 2.05) is 83.8 Å². The van der Waals surface area contributed by atoms with Gasteiger partial charge in [0.1, 0.15) is 11.5 Å². The number of benzene rings is 4. The monoisotopic (exact) mass is 556 g/mol. The van der Waals surface area contributed by atoms with Gasteiger partial charge in [-0.2, -0.15) is 0 Å². The number of hydrogen-bond acceptors (Lipinski definition) is 6. The first-order chi connectivity index (χ1) is 20.5. The number of carbonyl (C=O) groups excluding carboxylic acids is 3. The van der Waals surface area contributed by atoms with Crippen molar-refractivity contribution in [1.29, 1.82) is 0 Å². The molecule has 1 spiro atoms. The van der Waals surface area contributed by atoms with E-state index in [0.717, 1.165) is 11.3 Å². The van der Waals surface area contributed by atoms with Gasteiger partial charge in [0.2, 0.25) is 5.91 Å². The molecule has 1 saturated heterocycles. The number of ketones is 2. The Kier molecular flexibility index (Phi) is 5.97. The molecule has 3 heterocycles. The number of hydrogen-bond donors (Lipinski definition) is 1. The third-order valence-electron chi connectivity index (χ3n) is 8.82. The molecule has 7 nitrogen and oxygen atoms in total. The van der Waals surface area contributed by atoms with E-state index in [1.54, 1.807) is 30.3 Å². The second-order valence-corrected chi connectivity index (χ2v) is 10.7. The van der Waals surface area contributed by atoms with Crippen LogP contribution in [-0.4, -0.2) is 43.8 Å². The van der Waals surface area contributed by atoms with Crippen molar-refractivity contribution in [3.63, 3.8) is 0 Å². The average molecular weight is 557 g/mol. The third-order valence-corrected chi connectivity index (χ3v) is 8.82. The Labute approximate surface area is 243 Å². The van der Waals surface area contributed by atoms with Gasteiger partial charge in [-0.05, 0) is 41.5 Å². The minimum absolute atomic E-state index is 0.224. The maximum Gasteiger partial charge on any atom is 0.238 e. The van der Waals surface area contributed by atoms with Gasteiger partial charge in [0.05, 0.1) is 26.2 Å². The van der Waals surface area contributed by atoms with Crippen molar-refractivity contribution in [2.45, 2.75) is 17.5 Å². The summed E-state index contributed by atoms with van der Waals surface area (Å²) >= 11 is 0. The van der Waals surface area contributed by atoms with Crippen molar-refractivity contribution in [1.82, 2.24) is 0 Å². The van der Waals surface area contributed by atoms with Crippen LogP contribution in [0.2, 0.25) is 0 Å². The first kappa shape index (κ1) is 25.8. The fourth-order valence-electron chi connectivity index (χ4n) is 7.06. The summed E-state index contributed by atoms with van der Waals surface area (Å²) in [7, 11) is 3.04. The second kappa shape index (κ2) is 9.73. The minimum Gasteiger partial charge on any atom is -0.493 e. The number of nitrogens with zero attached hydrogens (tertiary/aromatic N) is 1. The zero-order valence-corrected chi connectivity index (χ0v) is 23.1. The number of ether oxygens (including phenoxy) is 2. The van der Waals surface area contributed by atoms with Crippen molar-refractivity contribution >= 4 is 34.9 Å². The van der Waals surface area contributed by atoms with Crippen LogP contribution in [0, 0.1) is 5.92 Å². The number of rotatable bonds is 6. The smallest absolute Gasteiger partial charge is 0.238 e. The lowest BCUT2D eigenvalue weighted by molar-refractivity contribution is -0.121. The number of para-hydroxylation sites is 2. The highest BCUT2D eigenvalue weighted by atomic mass is 16.5. The van der Waals surface area contributed by atoms with Crippen molar-refractivity contribution in [3.05, 3.63) is 125 Å². The van der Waals surface area contributed by atoms with Gasteiger partial charge in [0.25, 0.3) is 0 Å². The topological polar surface area (TPSA) is 84.9 Å². The van der Waals surface area contributed by atoms with E-state index >= 15 is 0 Å². The SMILES string of the molecule is COc1ccc(C(=O)[C@@H]2[C@H](C(=O)c3ccccc3)N3c4ccccc4C=C[C@@H]3[C@@]23C(=O)Nc2ccccc23)cc1OC. The molecular formula is C35H28N2O5. The normalized spacial score (nSPS) is 23.1. The highest BCUT2D eigenvalue weighted by Gasteiger charge is 2.70. The molecule has 0 radical (unpaired) electrons. The highest BCUT2D eigenvalue weighted by Crippen LogP contribution is 2.58. The van der Waals surface area contributed by atoms with Crippen molar-refractivity contribution in [2.24, 2.45) is 5.92 Å². The van der Waals surface area contributed by atoms with Crippen molar-refractivity contribution in [3.8, 4) is 11.5 Å². The van der Waals surface area contributed by atoms with Crippen LogP contribution in [0.5, 0.6) is 11.5 Å².